The quantitative estimate of drug-likeness (QED) is 0.613. The SMILES string of the molecule is O=C(N[C@H]1CCCc2c1[nH]c1ccccc21)c1n[nH]c2c1CCCCC2. The number of fused-ring (bicyclic) bond motifs is 4. The summed E-state index contributed by atoms with van der Waals surface area (Å²) in [6, 6.07) is 8.45. The third-order valence-electron chi connectivity index (χ3n) is 5.94. The first kappa shape index (κ1) is 15.7. The molecular weight excluding hydrogens is 324 g/mol. The molecule has 2 aliphatic carbocycles. The predicted octanol–water partition coefficient (Wildman–Crippen LogP) is 3.97. The van der Waals surface area contributed by atoms with Gasteiger partial charge in [-0.05, 0) is 56.6 Å². The first-order chi connectivity index (χ1) is 12.8. The van der Waals surface area contributed by atoms with Crippen LogP contribution in [0.3, 0.4) is 0 Å². The molecule has 0 fully saturated rings. The maximum absolute atomic E-state index is 13.0. The zero-order chi connectivity index (χ0) is 17.5. The van der Waals surface area contributed by atoms with Crippen LogP contribution in [0.5, 0.6) is 0 Å². The number of nitrogens with one attached hydrogen (secondary N) is 3. The van der Waals surface area contributed by atoms with Gasteiger partial charge < -0.3 is 10.3 Å². The van der Waals surface area contributed by atoms with Gasteiger partial charge in [0.25, 0.3) is 5.91 Å². The molecule has 5 rings (SSSR count). The van der Waals surface area contributed by atoms with Crippen LogP contribution in [0.1, 0.15) is 71.1 Å². The monoisotopic (exact) mass is 348 g/mol. The zero-order valence-corrected chi connectivity index (χ0v) is 14.9. The summed E-state index contributed by atoms with van der Waals surface area (Å²) in [5, 5.41) is 12.0. The molecule has 1 aromatic carbocycles. The number of aromatic nitrogens is 3. The minimum atomic E-state index is -0.0408. The third kappa shape index (κ3) is 2.54. The van der Waals surface area contributed by atoms with Gasteiger partial charge in [0.1, 0.15) is 0 Å². The summed E-state index contributed by atoms with van der Waals surface area (Å²) in [5.74, 6) is -0.0408. The summed E-state index contributed by atoms with van der Waals surface area (Å²) in [6.07, 6.45) is 8.65. The van der Waals surface area contributed by atoms with Gasteiger partial charge in [0.2, 0.25) is 0 Å². The summed E-state index contributed by atoms with van der Waals surface area (Å²) in [7, 11) is 0. The van der Waals surface area contributed by atoms with Crippen LogP contribution >= 0.6 is 0 Å². The molecule has 5 nitrogen and oxygen atoms in total. The Labute approximate surface area is 152 Å². The molecule has 3 aromatic rings. The first-order valence-corrected chi connectivity index (χ1v) is 9.77. The standard InChI is InChI=1S/C21H24N4O/c26-21(20-15-8-2-1-3-11-17(15)24-25-20)23-18-12-6-9-14-13-7-4-5-10-16(13)22-19(14)18/h4-5,7,10,18,22H,1-3,6,8-9,11-12H2,(H,23,26)(H,24,25)/t18-/m0/s1. The third-order valence-corrected chi connectivity index (χ3v) is 5.94. The Morgan fingerprint density at radius 1 is 1.04 bits per heavy atom. The second kappa shape index (κ2) is 6.31. The zero-order valence-electron chi connectivity index (χ0n) is 14.9. The van der Waals surface area contributed by atoms with Crippen LogP contribution in [0.4, 0.5) is 0 Å². The van der Waals surface area contributed by atoms with Crippen LogP contribution in [0, 0.1) is 0 Å². The molecule has 2 aliphatic rings. The number of carbonyl (C=O) groups is 1. The Bertz CT molecular complexity index is 968. The second-order valence-electron chi connectivity index (χ2n) is 7.57. The van der Waals surface area contributed by atoms with E-state index in [2.05, 4.69) is 44.8 Å². The predicted molar refractivity (Wildman–Crippen MR) is 101 cm³/mol. The number of rotatable bonds is 2. The number of nitrogens with zero attached hydrogens (tertiary/aromatic N) is 1. The Balaban J connectivity index is 1.44. The lowest BCUT2D eigenvalue weighted by atomic mass is 9.91. The molecule has 26 heavy (non-hydrogen) atoms. The van der Waals surface area contributed by atoms with Crippen molar-refractivity contribution in [3.63, 3.8) is 0 Å². The molecule has 1 atom stereocenters. The van der Waals surface area contributed by atoms with E-state index in [1.165, 1.54) is 29.5 Å². The largest absolute Gasteiger partial charge is 0.356 e. The number of aromatic amines is 2. The van der Waals surface area contributed by atoms with Crippen molar-refractivity contribution in [3.8, 4) is 0 Å². The number of amides is 1. The number of hydrogen-bond donors (Lipinski definition) is 3. The van der Waals surface area contributed by atoms with E-state index in [0.717, 1.165) is 55.3 Å². The van der Waals surface area contributed by atoms with Gasteiger partial charge in [-0.1, -0.05) is 24.6 Å². The van der Waals surface area contributed by atoms with E-state index in [1.54, 1.807) is 0 Å². The molecule has 1 amide bonds. The lowest BCUT2D eigenvalue weighted by Crippen LogP contribution is -2.32. The van der Waals surface area contributed by atoms with Crippen LogP contribution in [0.15, 0.2) is 24.3 Å². The van der Waals surface area contributed by atoms with E-state index in [-0.39, 0.29) is 11.9 Å². The van der Waals surface area contributed by atoms with E-state index in [1.807, 2.05) is 0 Å². The number of benzene rings is 1. The Morgan fingerprint density at radius 2 is 1.88 bits per heavy atom. The van der Waals surface area contributed by atoms with Crippen molar-refractivity contribution < 1.29 is 4.79 Å². The fourth-order valence-electron chi connectivity index (χ4n) is 4.63. The molecule has 0 unspecified atom stereocenters. The maximum atomic E-state index is 13.0. The van der Waals surface area contributed by atoms with Crippen molar-refractivity contribution >= 4 is 16.8 Å². The molecule has 5 heteroatoms. The minimum Gasteiger partial charge on any atom is -0.356 e. The number of aryl methyl sites for hydroxylation is 2. The maximum Gasteiger partial charge on any atom is 0.272 e. The van der Waals surface area contributed by atoms with Crippen LogP contribution in [0.2, 0.25) is 0 Å². The number of carbonyl (C=O) groups excluding carboxylic acids is 1. The van der Waals surface area contributed by atoms with Gasteiger partial charge in [0.05, 0.1) is 6.04 Å². The first-order valence-electron chi connectivity index (χ1n) is 9.77. The van der Waals surface area contributed by atoms with Gasteiger partial charge in [-0.3, -0.25) is 9.89 Å². The van der Waals surface area contributed by atoms with Crippen molar-refractivity contribution in [1.29, 1.82) is 0 Å². The van der Waals surface area contributed by atoms with E-state index in [4.69, 9.17) is 0 Å². The van der Waals surface area contributed by atoms with E-state index < -0.39 is 0 Å². The Hall–Kier alpha value is -2.56. The van der Waals surface area contributed by atoms with E-state index >= 15 is 0 Å². The van der Waals surface area contributed by atoms with E-state index in [0.29, 0.717) is 5.69 Å². The summed E-state index contributed by atoms with van der Waals surface area (Å²) >= 11 is 0. The molecule has 0 saturated carbocycles. The van der Waals surface area contributed by atoms with Gasteiger partial charge in [0, 0.05) is 27.9 Å². The van der Waals surface area contributed by atoms with Gasteiger partial charge in [-0.15, -0.1) is 0 Å². The molecule has 2 heterocycles. The second-order valence-corrected chi connectivity index (χ2v) is 7.57. The summed E-state index contributed by atoms with van der Waals surface area (Å²) in [4.78, 5) is 16.5. The van der Waals surface area contributed by atoms with Crippen LogP contribution < -0.4 is 5.32 Å². The van der Waals surface area contributed by atoms with Crippen molar-refractivity contribution in [3.05, 3.63) is 52.5 Å². The van der Waals surface area contributed by atoms with Crippen molar-refractivity contribution in [2.45, 2.75) is 57.4 Å². The summed E-state index contributed by atoms with van der Waals surface area (Å²) in [6.45, 7) is 0. The molecule has 134 valence electrons. The van der Waals surface area contributed by atoms with Crippen LogP contribution in [0.25, 0.3) is 10.9 Å². The highest BCUT2D eigenvalue weighted by Gasteiger charge is 2.28. The average Bonchev–Trinajstić information content (AvgIpc) is 3.16. The summed E-state index contributed by atoms with van der Waals surface area (Å²) in [5.41, 5.74) is 6.58. The van der Waals surface area contributed by atoms with E-state index in [9.17, 15) is 4.79 Å². The fourth-order valence-corrected chi connectivity index (χ4v) is 4.63. The van der Waals surface area contributed by atoms with Crippen LogP contribution in [-0.4, -0.2) is 21.1 Å². The lowest BCUT2D eigenvalue weighted by Gasteiger charge is -2.23. The highest BCUT2D eigenvalue weighted by Crippen LogP contribution is 2.35. The van der Waals surface area contributed by atoms with Gasteiger partial charge in [0.15, 0.2) is 5.69 Å². The van der Waals surface area contributed by atoms with Gasteiger partial charge in [-0.25, -0.2) is 0 Å². The van der Waals surface area contributed by atoms with Crippen molar-refractivity contribution in [1.82, 2.24) is 20.5 Å². The smallest absolute Gasteiger partial charge is 0.272 e. The lowest BCUT2D eigenvalue weighted by molar-refractivity contribution is 0.0926. The minimum absolute atomic E-state index is 0.0387. The Kier molecular flexibility index (Phi) is 3.80. The molecule has 0 spiro atoms. The molecule has 0 radical (unpaired) electrons. The number of para-hydroxylation sites is 1. The molecular formula is C21H24N4O. The molecule has 0 aliphatic heterocycles. The van der Waals surface area contributed by atoms with Crippen molar-refractivity contribution in [2.75, 3.05) is 0 Å². The highest BCUT2D eigenvalue weighted by atomic mass is 16.2. The topological polar surface area (TPSA) is 73.6 Å². The van der Waals surface area contributed by atoms with Crippen LogP contribution in [-0.2, 0) is 19.3 Å². The molecule has 0 bridgehead atoms. The number of hydrogen-bond acceptors (Lipinski definition) is 2. The highest BCUT2D eigenvalue weighted by molar-refractivity contribution is 5.94. The molecule has 3 N–H and O–H groups in total. The number of H-pyrrole nitrogens is 2. The van der Waals surface area contributed by atoms with Crippen molar-refractivity contribution in [2.24, 2.45) is 0 Å². The van der Waals surface area contributed by atoms with Gasteiger partial charge in [-0.2, -0.15) is 5.10 Å². The Morgan fingerprint density at radius 3 is 2.85 bits per heavy atom. The fraction of sp³-hybridized carbons (Fsp3) is 0.429. The molecule has 2 aromatic heterocycles. The van der Waals surface area contributed by atoms with Gasteiger partial charge >= 0.3 is 0 Å². The molecule has 0 saturated heterocycles. The summed E-state index contributed by atoms with van der Waals surface area (Å²) < 4.78 is 0. The average molecular weight is 348 g/mol. The normalized spacial score (nSPS) is 19.6.